The third kappa shape index (κ3) is 2.54. The lowest BCUT2D eigenvalue weighted by Crippen LogP contribution is -2.17. The molecule has 1 unspecified atom stereocenters. The van der Waals surface area contributed by atoms with Crippen molar-refractivity contribution in [2.24, 2.45) is 7.05 Å². The minimum atomic E-state index is -0.0530. The number of rotatable bonds is 3. The fourth-order valence-electron chi connectivity index (χ4n) is 4.36. The van der Waals surface area contributed by atoms with Gasteiger partial charge in [0.25, 0.3) is 5.91 Å². The molecule has 3 rings (SSSR count). The molecule has 0 spiro atoms. The summed E-state index contributed by atoms with van der Waals surface area (Å²) in [6.45, 7) is 10.8. The van der Waals surface area contributed by atoms with Crippen LogP contribution in [0.3, 0.4) is 0 Å². The maximum absolute atomic E-state index is 12.9. The van der Waals surface area contributed by atoms with Crippen molar-refractivity contribution in [3.8, 4) is 0 Å². The van der Waals surface area contributed by atoms with Gasteiger partial charge in [0.05, 0.1) is 17.0 Å². The van der Waals surface area contributed by atoms with E-state index in [4.69, 9.17) is 0 Å². The molecule has 1 heterocycles. The molecule has 2 aromatic rings. The molecule has 0 saturated carbocycles. The average Bonchev–Trinajstić information content (AvgIpc) is 2.92. The molecule has 0 saturated heterocycles. The molecule has 128 valence electrons. The Bertz CT molecular complexity index is 801. The Morgan fingerprint density at radius 2 is 2.12 bits per heavy atom. The maximum Gasteiger partial charge on any atom is 0.259 e. The third-order valence-corrected chi connectivity index (χ3v) is 5.30. The molecule has 1 aromatic heterocycles. The lowest BCUT2D eigenvalue weighted by molar-refractivity contribution is 0.102. The van der Waals surface area contributed by atoms with Crippen molar-refractivity contribution in [2.45, 2.75) is 58.8 Å². The molecule has 1 aliphatic carbocycles. The first-order chi connectivity index (χ1) is 11.3. The summed E-state index contributed by atoms with van der Waals surface area (Å²) in [6.07, 6.45) is 1.90. The summed E-state index contributed by atoms with van der Waals surface area (Å²) in [5, 5.41) is 7.57. The zero-order valence-electron chi connectivity index (χ0n) is 15.5. The molecule has 0 bridgehead atoms. The fraction of sp³-hybridized carbons (Fsp3) is 0.500. The number of nitrogens with zero attached hydrogens (tertiary/aromatic N) is 2. The minimum Gasteiger partial charge on any atom is -0.322 e. The van der Waals surface area contributed by atoms with Crippen molar-refractivity contribution >= 4 is 11.6 Å². The molecule has 1 aromatic carbocycles. The van der Waals surface area contributed by atoms with Crippen molar-refractivity contribution in [1.82, 2.24) is 9.78 Å². The van der Waals surface area contributed by atoms with Gasteiger partial charge < -0.3 is 5.32 Å². The van der Waals surface area contributed by atoms with E-state index < -0.39 is 0 Å². The Kier molecular flexibility index (Phi) is 4.02. The first kappa shape index (κ1) is 16.7. The number of hydrogen-bond donors (Lipinski definition) is 1. The average molecular weight is 325 g/mol. The van der Waals surface area contributed by atoms with Crippen molar-refractivity contribution in [3.63, 3.8) is 0 Å². The molecule has 24 heavy (non-hydrogen) atoms. The van der Waals surface area contributed by atoms with Gasteiger partial charge >= 0.3 is 0 Å². The second-order valence-corrected chi connectivity index (χ2v) is 7.59. The van der Waals surface area contributed by atoms with Gasteiger partial charge in [0.15, 0.2) is 0 Å². The van der Waals surface area contributed by atoms with E-state index in [1.807, 2.05) is 30.8 Å². The molecule has 0 radical (unpaired) electrons. The van der Waals surface area contributed by atoms with Crippen LogP contribution in [0.25, 0.3) is 0 Å². The summed E-state index contributed by atoms with van der Waals surface area (Å²) >= 11 is 0. The van der Waals surface area contributed by atoms with Crippen LogP contribution in [0.2, 0.25) is 0 Å². The molecule has 0 fully saturated rings. The van der Waals surface area contributed by atoms with Gasteiger partial charge in [-0.3, -0.25) is 9.48 Å². The smallest absolute Gasteiger partial charge is 0.259 e. The van der Waals surface area contributed by atoms with E-state index in [1.165, 1.54) is 11.1 Å². The lowest BCUT2D eigenvalue weighted by atomic mass is 9.86. The SMILES string of the molecule is CCc1c(C(=O)Nc2cccc3c2C(C)CC3(C)C)c(C)nn1C. The Morgan fingerprint density at radius 1 is 1.42 bits per heavy atom. The predicted molar refractivity (Wildman–Crippen MR) is 97.8 cm³/mol. The normalized spacial score (nSPS) is 18.5. The summed E-state index contributed by atoms with van der Waals surface area (Å²) < 4.78 is 1.81. The number of anilines is 1. The number of benzene rings is 1. The monoisotopic (exact) mass is 325 g/mol. The van der Waals surface area contributed by atoms with Crippen LogP contribution in [-0.2, 0) is 18.9 Å². The quantitative estimate of drug-likeness (QED) is 0.913. The molecule has 1 amide bonds. The molecule has 4 heteroatoms. The van der Waals surface area contributed by atoms with Crippen molar-refractivity contribution < 1.29 is 4.79 Å². The van der Waals surface area contributed by atoms with Crippen molar-refractivity contribution in [3.05, 3.63) is 46.3 Å². The van der Waals surface area contributed by atoms with Crippen LogP contribution in [0.5, 0.6) is 0 Å². The van der Waals surface area contributed by atoms with Crippen LogP contribution in [0.1, 0.15) is 72.9 Å². The highest BCUT2D eigenvalue weighted by molar-refractivity contribution is 6.06. The number of carbonyl (C=O) groups excluding carboxylic acids is 1. The van der Waals surface area contributed by atoms with E-state index in [9.17, 15) is 4.79 Å². The standard InChI is InChI=1S/C20H27N3O/c1-7-16-18(13(3)22-23(16)6)19(24)21-15-10-8-9-14-17(15)12(2)11-20(14,4)5/h8-10,12H,7,11H2,1-6H3,(H,21,24). The second-order valence-electron chi connectivity index (χ2n) is 7.59. The molecule has 1 N–H and O–H groups in total. The number of fused-ring (bicyclic) bond motifs is 1. The molecular formula is C20H27N3O. The van der Waals surface area contributed by atoms with Crippen LogP contribution in [0, 0.1) is 6.92 Å². The lowest BCUT2D eigenvalue weighted by Gasteiger charge is -2.19. The van der Waals surface area contributed by atoms with Gasteiger partial charge in [-0.05, 0) is 48.3 Å². The van der Waals surface area contributed by atoms with Crippen LogP contribution >= 0.6 is 0 Å². The Morgan fingerprint density at radius 3 is 2.79 bits per heavy atom. The Balaban J connectivity index is 2.00. The first-order valence-corrected chi connectivity index (χ1v) is 8.73. The molecule has 1 atom stereocenters. The van der Waals surface area contributed by atoms with Gasteiger partial charge in [-0.2, -0.15) is 5.10 Å². The largest absolute Gasteiger partial charge is 0.322 e. The molecule has 1 aliphatic rings. The van der Waals surface area contributed by atoms with E-state index in [0.717, 1.165) is 29.9 Å². The second kappa shape index (κ2) is 5.76. The van der Waals surface area contributed by atoms with E-state index in [0.29, 0.717) is 11.5 Å². The highest BCUT2D eigenvalue weighted by Crippen LogP contribution is 2.48. The van der Waals surface area contributed by atoms with Crippen LogP contribution < -0.4 is 5.32 Å². The molecule has 0 aliphatic heterocycles. The maximum atomic E-state index is 12.9. The Labute approximate surface area is 144 Å². The summed E-state index contributed by atoms with van der Waals surface area (Å²) in [7, 11) is 1.90. The van der Waals surface area contributed by atoms with E-state index in [-0.39, 0.29) is 11.3 Å². The van der Waals surface area contributed by atoms with E-state index in [1.54, 1.807) is 0 Å². The van der Waals surface area contributed by atoms with Crippen LogP contribution in [0.15, 0.2) is 18.2 Å². The Hall–Kier alpha value is -2.10. The van der Waals surface area contributed by atoms with Gasteiger partial charge in [0, 0.05) is 12.7 Å². The summed E-state index contributed by atoms with van der Waals surface area (Å²) in [5.74, 6) is 0.398. The highest BCUT2D eigenvalue weighted by atomic mass is 16.1. The number of aryl methyl sites for hydroxylation is 2. The number of hydrogen-bond acceptors (Lipinski definition) is 2. The van der Waals surface area contributed by atoms with Gasteiger partial charge in [0.1, 0.15) is 0 Å². The number of amides is 1. The van der Waals surface area contributed by atoms with Gasteiger partial charge in [-0.15, -0.1) is 0 Å². The zero-order valence-corrected chi connectivity index (χ0v) is 15.5. The summed E-state index contributed by atoms with van der Waals surface area (Å²) in [6, 6.07) is 6.26. The summed E-state index contributed by atoms with van der Waals surface area (Å²) in [5.41, 5.74) is 6.22. The van der Waals surface area contributed by atoms with Gasteiger partial charge in [-0.1, -0.05) is 39.8 Å². The number of carbonyl (C=O) groups is 1. The molecular weight excluding hydrogens is 298 g/mol. The number of nitrogens with one attached hydrogen (secondary N) is 1. The van der Waals surface area contributed by atoms with Crippen molar-refractivity contribution in [2.75, 3.05) is 5.32 Å². The topological polar surface area (TPSA) is 46.9 Å². The van der Waals surface area contributed by atoms with Crippen LogP contribution in [-0.4, -0.2) is 15.7 Å². The van der Waals surface area contributed by atoms with Gasteiger partial charge in [0.2, 0.25) is 0 Å². The van der Waals surface area contributed by atoms with Crippen LogP contribution in [0.4, 0.5) is 5.69 Å². The molecule has 4 nitrogen and oxygen atoms in total. The summed E-state index contributed by atoms with van der Waals surface area (Å²) in [4.78, 5) is 12.9. The number of aromatic nitrogens is 2. The third-order valence-electron chi connectivity index (χ3n) is 5.30. The van der Waals surface area contributed by atoms with E-state index in [2.05, 4.69) is 44.2 Å². The van der Waals surface area contributed by atoms with E-state index >= 15 is 0 Å². The fourth-order valence-corrected chi connectivity index (χ4v) is 4.36. The highest BCUT2D eigenvalue weighted by Gasteiger charge is 2.36. The zero-order chi connectivity index (χ0) is 17.6. The minimum absolute atomic E-state index is 0.0530. The van der Waals surface area contributed by atoms with Crippen molar-refractivity contribution in [1.29, 1.82) is 0 Å². The first-order valence-electron chi connectivity index (χ1n) is 8.73. The van der Waals surface area contributed by atoms with Gasteiger partial charge in [-0.25, -0.2) is 0 Å². The predicted octanol–water partition coefficient (Wildman–Crippen LogP) is 4.33.